The summed E-state index contributed by atoms with van der Waals surface area (Å²) < 4.78 is 6.96. The zero-order chi connectivity index (χ0) is 20.0. The molecule has 7 nitrogen and oxygen atoms in total. The predicted molar refractivity (Wildman–Crippen MR) is 108 cm³/mol. The lowest BCUT2D eigenvalue weighted by atomic mass is 9.78. The van der Waals surface area contributed by atoms with Gasteiger partial charge in [0.1, 0.15) is 11.8 Å². The van der Waals surface area contributed by atoms with Crippen LogP contribution in [-0.2, 0) is 4.79 Å². The highest BCUT2D eigenvalue weighted by atomic mass is 16.5. The van der Waals surface area contributed by atoms with Gasteiger partial charge >= 0.3 is 0 Å². The smallest absolute Gasteiger partial charge is 0.248 e. The fourth-order valence-electron chi connectivity index (χ4n) is 4.24. The third-order valence-corrected chi connectivity index (χ3v) is 5.76. The van der Waals surface area contributed by atoms with Crippen LogP contribution >= 0.6 is 0 Å². The summed E-state index contributed by atoms with van der Waals surface area (Å²) in [4.78, 5) is 13.3. The van der Waals surface area contributed by atoms with Crippen LogP contribution in [0.3, 0.4) is 0 Å². The molecule has 7 heteroatoms. The van der Waals surface area contributed by atoms with E-state index in [0.717, 1.165) is 34.6 Å². The first-order valence-corrected chi connectivity index (χ1v) is 9.65. The Morgan fingerprint density at radius 1 is 1.03 bits per heavy atom. The highest BCUT2D eigenvalue weighted by molar-refractivity contribution is 6.00. The maximum atomic E-state index is 13.3. The van der Waals surface area contributed by atoms with E-state index in [1.165, 1.54) is 5.56 Å². The Bertz CT molecular complexity index is 1100. The first-order chi connectivity index (χ1) is 14.1. The Morgan fingerprint density at radius 3 is 2.48 bits per heavy atom. The molecule has 1 aromatic heterocycles. The molecule has 1 N–H and O–H groups in total. The van der Waals surface area contributed by atoms with E-state index in [1.807, 2.05) is 43.3 Å². The molecule has 0 spiro atoms. The van der Waals surface area contributed by atoms with E-state index in [-0.39, 0.29) is 17.7 Å². The molecule has 0 radical (unpaired) electrons. The highest BCUT2D eigenvalue weighted by Gasteiger charge is 2.39. The summed E-state index contributed by atoms with van der Waals surface area (Å²) >= 11 is 0. The lowest BCUT2D eigenvalue weighted by molar-refractivity contribution is -0.116. The number of aryl methyl sites for hydroxylation is 1. The lowest BCUT2D eigenvalue weighted by Gasteiger charge is -2.34. The number of ether oxygens (including phenoxy) is 1. The Kier molecular flexibility index (Phi) is 4.16. The summed E-state index contributed by atoms with van der Waals surface area (Å²) in [5.41, 5.74) is 4.98. The van der Waals surface area contributed by atoms with Crippen LogP contribution in [0.1, 0.15) is 41.5 Å². The number of hydrogen-bond donors (Lipinski definition) is 1. The number of benzene rings is 2. The molecular formula is C22H21N5O2. The van der Waals surface area contributed by atoms with Crippen LogP contribution < -0.4 is 10.1 Å². The van der Waals surface area contributed by atoms with E-state index >= 15 is 0 Å². The molecule has 29 heavy (non-hydrogen) atoms. The minimum absolute atomic E-state index is 0.112. The van der Waals surface area contributed by atoms with E-state index in [1.54, 1.807) is 11.8 Å². The molecule has 3 aromatic rings. The molecular weight excluding hydrogens is 366 g/mol. The SMILES string of the molecule is COc1ccc([C@H]2CC(=O)C3=C(C2)Nc2nnnn2[C@H]3c2ccc(C)cc2)cc1. The zero-order valence-corrected chi connectivity index (χ0v) is 16.3. The van der Waals surface area contributed by atoms with Crippen LogP contribution in [0.4, 0.5) is 5.95 Å². The molecule has 1 aliphatic heterocycles. The minimum Gasteiger partial charge on any atom is -0.497 e. The maximum absolute atomic E-state index is 13.3. The van der Waals surface area contributed by atoms with Crippen molar-refractivity contribution in [1.29, 1.82) is 0 Å². The molecule has 1 aliphatic carbocycles. The standard InChI is InChI=1S/C22H21N5O2/c1-13-3-5-15(6-4-13)21-20-18(23-22-24-25-26-27(21)22)11-16(12-19(20)28)14-7-9-17(29-2)10-8-14/h3-10,16,21H,11-12H2,1-2H3,(H,23,24,26)/t16-,21+/m1/s1. The van der Waals surface area contributed by atoms with Crippen LogP contribution in [0.2, 0.25) is 0 Å². The number of methoxy groups -OCH3 is 1. The second-order valence-electron chi connectivity index (χ2n) is 7.58. The van der Waals surface area contributed by atoms with Gasteiger partial charge in [-0.15, -0.1) is 0 Å². The van der Waals surface area contributed by atoms with Crippen molar-refractivity contribution in [2.24, 2.45) is 0 Å². The normalized spacial score (nSPS) is 20.7. The largest absolute Gasteiger partial charge is 0.497 e. The Labute approximate surface area is 168 Å². The topological polar surface area (TPSA) is 81.9 Å². The maximum Gasteiger partial charge on any atom is 0.248 e. The summed E-state index contributed by atoms with van der Waals surface area (Å²) in [5.74, 6) is 1.62. The van der Waals surface area contributed by atoms with Gasteiger partial charge in [-0.3, -0.25) is 4.79 Å². The van der Waals surface area contributed by atoms with Gasteiger partial charge in [0.15, 0.2) is 5.78 Å². The number of nitrogens with one attached hydrogen (secondary N) is 1. The van der Waals surface area contributed by atoms with Crippen LogP contribution in [0.25, 0.3) is 0 Å². The first-order valence-electron chi connectivity index (χ1n) is 9.65. The van der Waals surface area contributed by atoms with Gasteiger partial charge < -0.3 is 10.1 Å². The Morgan fingerprint density at radius 2 is 1.76 bits per heavy atom. The first kappa shape index (κ1) is 17.6. The summed E-state index contributed by atoms with van der Waals surface area (Å²) in [7, 11) is 1.65. The summed E-state index contributed by atoms with van der Waals surface area (Å²) in [6.45, 7) is 2.05. The van der Waals surface area contributed by atoms with Crippen molar-refractivity contribution >= 4 is 11.7 Å². The van der Waals surface area contributed by atoms with Gasteiger partial charge in [-0.2, -0.15) is 4.68 Å². The molecule has 0 fully saturated rings. The van der Waals surface area contributed by atoms with Crippen LogP contribution in [0.15, 0.2) is 59.8 Å². The highest BCUT2D eigenvalue weighted by Crippen LogP contribution is 2.43. The van der Waals surface area contributed by atoms with Crippen LogP contribution in [-0.4, -0.2) is 33.1 Å². The van der Waals surface area contributed by atoms with Gasteiger partial charge in [0.05, 0.1) is 7.11 Å². The quantitative estimate of drug-likeness (QED) is 0.742. The lowest BCUT2D eigenvalue weighted by Crippen LogP contribution is -2.33. The average Bonchev–Trinajstić information content (AvgIpc) is 3.21. The number of allylic oxidation sites excluding steroid dienone is 2. The summed E-state index contributed by atoms with van der Waals surface area (Å²) in [6.07, 6.45) is 1.20. The van der Waals surface area contributed by atoms with Crippen LogP contribution in [0.5, 0.6) is 5.75 Å². The predicted octanol–water partition coefficient (Wildman–Crippen LogP) is 3.41. The van der Waals surface area contributed by atoms with Crippen molar-refractivity contribution in [2.45, 2.75) is 31.7 Å². The number of aromatic nitrogens is 4. The number of ketones is 1. The summed E-state index contributed by atoms with van der Waals surface area (Å²) in [5, 5.41) is 15.4. The molecule has 5 rings (SSSR count). The number of hydrogen-bond acceptors (Lipinski definition) is 6. The fourth-order valence-corrected chi connectivity index (χ4v) is 4.24. The second-order valence-corrected chi connectivity index (χ2v) is 7.58. The van der Waals surface area contributed by atoms with Crippen molar-refractivity contribution < 1.29 is 9.53 Å². The molecule has 0 amide bonds. The van der Waals surface area contributed by atoms with Crippen molar-refractivity contribution in [3.05, 3.63) is 76.5 Å². The number of fused-ring (bicyclic) bond motifs is 1. The zero-order valence-electron chi connectivity index (χ0n) is 16.3. The molecule has 2 heterocycles. The van der Waals surface area contributed by atoms with Crippen LogP contribution in [0, 0.1) is 6.92 Å². The molecule has 0 saturated heterocycles. The Balaban J connectivity index is 1.55. The van der Waals surface area contributed by atoms with Crippen molar-refractivity contribution in [3.8, 4) is 5.75 Å². The average molecular weight is 387 g/mol. The van der Waals surface area contributed by atoms with Gasteiger partial charge in [0.2, 0.25) is 5.95 Å². The van der Waals surface area contributed by atoms with Crippen molar-refractivity contribution in [1.82, 2.24) is 20.2 Å². The summed E-state index contributed by atoms with van der Waals surface area (Å²) in [6, 6.07) is 15.8. The number of Topliss-reactive ketones (excluding diaryl/α,β-unsaturated/α-hetero) is 1. The molecule has 2 aliphatic rings. The fraction of sp³-hybridized carbons (Fsp3) is 0.273. The third kappa shape index (κ3) is 2.99. The number of carbonyl (C=O) groups excluding carboxylic acids is 1. The van der Waals surface area contributed by atoms with E-state index in [4.69, 9.17) is 4.74 Å². The molecule has 146 valence electrons. The van der Waals surface area contributed by atoms with E-state index in [0.29, 0.717) is 12.4 Å². The van der Waals surface area contributed by atoms with E-state index in [2.05, 4.69) is 33.0 Å². The van der Waals surface area contributed by atoms with Gasteiger partial charge in [-0.1, -0.05) is 47.1 Å². The number of tetrazole rings is 1. The van der Waals surface area contributed by atoms with Gasteiger partial charge in [-0.05, 0) is 52.9 Å². The molecule has 2 atom stereocenters. The molecule has 0 unspecified atom stereocenters. The van der Waals surface area contributed by atoms with Gasteiger partial charge in [0, 0.05) is 17.7 Å². The van der Waals surface area contributed by atoms with Gasteiger partial charge in [0.25, 0.3) is 0 Å². The Hall–Kier alpha value is -3.48. The number of anilines is 1. The third-order valence-electron chi connectivity index (χ3n) is 5.76. The van der Waals surface area contributed by atoms with Crippen molar-refractivity contribution in [3.63, 3.8) is 0 Å². The molecule has 0 saturated carbocycles. The molecule has 0 bridgehead atoms. The van der Waals surface area contributed by atoms with E-state index < -0.39 is 0 Å². The monoisotopic (exact) mass is 387 g/mol. The van der Waals surface area contributed by atoms with Crippen molar-refractivity contribution in [2.75, 3.05) is 12.4 Å². The second kappa shape index (κ2) is 6.84. The molecule has 2 aromatic carbocycles. The van der Waals surface area contributed by atoms with Gasteiger partial charge in [-0.25, -0.2) is 0 Å². The number of carbonyl (C=O) groups is 1. The number of rotatable bonds is 3. The minimum atomic E-state index is -0.304. The number of nitrogens with zero attached hydrogens (tertiary/aromatic N) is 4. The van der Waals surface area contributed by atoms with E-state index in [9.17, 15) is 4.79 Å².